The fourth-order valence-electron chi connectivity index (χ4n) is 1.08. The maximum absolute atomic E-state index is 10.8. The molecular formula is C11H13ClO2. The number of carbonyl (C=O) groups is 1. The zero-order chi connectivity index (χ0) is 10.6. The van der Waals surface area contributed by atoms with E-state index in [1.165, 1.54) is 5.56 Å². The van der Waals surface area contributed by atoms with Crippen LogP contribution in [-0.4, -0.2) is 11.8 Å². The summed E-state index contributed by atoms with van der Waals surface area (Å²) in [6, 6.07) is 7.45. The van der Waals surface area contributed by atoms with Gasteiger partial charge in [-0.3, -0.25) is 4.79 Å². The fourth-order valence-corrected chi connectivity index (χ4v) is 1.13. The van der Waals surface area contributed by atoms with E-state index in [-0.39, 0.29) is 5.88 Å². The third kappa shape index (κ3) is 3.04. The highest BCUT2D eigenvalue weighted by atomic mass is 35.5. The average Bonchev–Trinajstić information content (AvgIpc) is 2.18. The van der Waals surface area contributed by atoms with Crippen LogP contribution in [0, 0.1) is 0 Å². The Balaban J connectivity index is 2.69. The summed E-state index contributed by atoms with van der Waals surface area (Å²) in [6.45, 7) is 4.22. The van der Waals surface area contributed by atoms with Gasteiger partial charge in [-0.05, 0) is 23.6 Å². The first kappa shape index (κ1) is 11.1. The van der Waals surface area contributed by atoms with Gasteiger partial charge in [-0.2, -0.15) is 0 Å². The van der Waals surface area contributed by atoms with Gasteiger partial charge in [0.05, 0.1) is 0 Å². The van der Waals surface area contributed by atoms with Crippen molar-refractivity contribution >= 4 is 17.6 Å². The number of halogens is 1. The van der Waals surface area contributed by atoms with Crippen LogP contribution in [0.3, 0.4) is 0 Å². The molecule has 0 atom stereocenters. The lowest BCUT2D eigenvalue weighted by Crippen LogP contribution is -2.08. The third-order valence-electron chi connectivity index (χ3n) is 1.89. The van der Waals surface area contributed by atoms with E-state index < -0.39 is 5.97 Å². The molecule has 0 N–H and O–H groups in total. The van der Waals surface area contributed by atoms with E-state index in [1.807, 2.05) is 12.1 Å². The normalized spacial score (nSPS) is 10.3. The highest BCUT2D eigenvalue weighted by molar-refractivity contribution is 6.26. The molecule has 76 valence electrons. The standard InChI is InChI=1S/C11H13ClO2/c1-8(2)9-3-5-10(6-4-9)14-11(13)7-12/h3-6,8H,7H2,1-2H3. The van der Waals surface area contributed by atoms with Gasteiger partial charge in [0.15, 0.2) is 0 Å². The maximum Gasteiger partial charge on any atom is 0.326 e. The molecule has 0 aliphatic carbocycles. The molecule has 0 fully saturated rings. The van der Waals surface area contributed by atoms with Crippen LogP contribution in [0.15, 0.2) is 24.3 Å². The Labute approximate surface area is 88.8 Å². The number of carbonyl (C=O) groups excluding carboxylic acids is 1. The monoisotopic (exact) mass is 212 g/mol. The van der Waals surface area contributed by atoms with Gasteiger partial charge in [0.2, 0.25) is 0 Å². The second kappa shape index (κ2) is 5.01. The highest BCUT2D eigenvalue weighted by Crippen LogP contribution is 2.18. The molecule has 0 heterocycles. The summed E-state index contributed by atoms with van der Waals surface area (Å²) in [5.74, 6) is 0.475. The Morgan fingerprint density at radius 1 is 1.36 bits per heavy atom. The molecule has 0 unspecified atom stereocenters. The lowest BCUT2D eigenvalue weighted by molar-refractivity contribution is -0.131. The molecule has 0 aromatic heterocycles. The second-order valence-electron chi connectivity index (χ2n) is 3.33. The highest BCUT2D eigenvalue weighted by Gasteiger charge is 2.03. The molecule has 0 bridgehead atoms. The number of rotatable bonds is 3. The van der Waals surface area contributed by atoms with E-state index in [1.54, 1.807) is 12.1 Å². The minimum absolute atomic E-state index is 0.119. The Bertz CT molecular complexity index is 304. The smallest absolute Gasteiger partial charge is 0.326 e. The topological polar surface area (TPSA) is 26.3 Å². The molecule has 0 saturated carbocycles. The molecular weight excluding hydrogens is 200 g/mol. The van der Waals surface area contributed by atoms with Crippen LogP contribution in [0.4, 0.5) is 0 Å². The predicted molar refractivity (Wildman–Crippen MR) is 56.9 cm³/mol. The Kier molecular flexibility index (Phi) is 3.96. The van der Waals surface area contributed by atoms with Gasteiger partial charge in [-0.15, -0.1) is 11.6 Å². The number of esters is 1. The van der Waals surface area contributed by atoms with Crippen molar-refractivity contribution in [1.82, 2.24) is 0 Å². The molecule has 0 aliphatic heterocycles. The minimum Gasteiger partial charge on any atom is -0.426 e. The van der Waals surface area contributed by atoms with Crippen molar-refractivity contribution in [2.24, 2.45) is 0 Å². The minimum atomic E-state index is -0.427. The first-order chi connectivity index (χ1) is 6.63. The van der Waals surface area contributed by atoms with Gasteiger partial charge in [-0.1, -0.05) is 26.0 Å². The molecule has 0 radical (unpaired) electrons. The van der Waals surface area contributed by atoms with Crippen LogP contribution in [0.1, 0.15) is 25.3 Å². The number of hydrogen-bond acceptors (Lipinski definition) is 2. The summed E-state index contributed by atoms with van der Waals surface area (Å²) in [5.41, 5.74) is 1.22. The van der Waals surface area contributed by atoms with E-state index in [0.29, 0.717) is 11.7 Å². The van der Waals surface area contributed by atoms with E-state index in [0.717, 1.165) is 0 Å². The molecule has 2 nitrogen and oxygen atoms in total. The van der Waals surface area contributed by atoms with Gasteiger partial charge in [0, 0.05) is 0 Å². The van der Waals surface area contributed by atoms with Crippen LogP contribution in [-0.2, 0) is 4.79 Å². The van der Waals surface area contributed by atoms with Crippen LogP contribution >= 0.6 is 11.6 Å². The van der Waals surface area contributed by atoms with Gasteiger partial charge < -0.3 is 4.74 Å². The largest absolute Gasteiger partial charge is 0.426 e. The molecule has 0 spiro atoms. The summed E-state index contributed by atoms with van der Waals surface area (Å²) >= 11 is 5.31. The molecule has 1 rings (SSSR count). The molecule has 0 aliphatic rings. The van der Waals surface area contributed by atoms with Crippen molar-refractivity contribution in [3.05, 3.63) is 29.8 Å². The van der Waals surface area contributed by atoms with Crippen LogP contribution in [0.25, 0.3) is 0 Å². The lowest BCUT2D eigenvalue weighted by atomic mass is 10.0. The van der Waals surface area contributed by atoms with Crippen molar-refractivity contribution in [3.8, 4) is 5.75 Å². The van der Waals surface area contributed by atoms with Crippen molar-refractivity contribution in [1.29, 1.82) is 0 Å². The molecule has 14 heavy (non-hydrogen) atoms. The number of ether oxygens (including phenoxy) is 1. The number of benzene rings is 1. The zero-order valence-corrected chi connectivity index (χ0v) is 9.04. The van der Waals surface area contributed by atoms with Crippen molar-refractivity contribution in [2.75, 3.05) is 5.88 Å². The van der Waals surface area contributed by atoms with Gasteiger partial charge in [-0.25, -0.2) is 0 Å². The summed E-state index contributed by atoms with van der Waals surface area (Å²) in [7, 11) is 0. The molecule has 3 heteroatoms. The number of hydrogen-bond donors (Lipinski definition) is 0. The van der Waals surface area contributed by atoms with Crippen LogP contribution in [0.2, 0.25) is 0 Å². The van der Waals surface area contributed by atoms with Gasteiger partial charge in [0.25, 0.3) is 0 Å². The molecule has 1 aromatic rings. The van der Waals surface area contributed by atoms with E-state index in [9.17, 15) is 4.79 Å². The van der Waals surface area contributed by atoms with Gasteiger partial charge in [0.1, 0.15) is 11.6 Å². The van der Waals surface area contributed by atoms with E-state index >= 15 is 0 Å². The van der Waals surface area contributed by atoms with Crippen LogP contribution < -0.4 is 4.74 Å². The lowest BCUT2D eigenvalue weighted by Gasteiger charge is -2.06. The Morgan fingerprint density at radius 3 is 2.36 bits per heavy atom. The summed E-state index contributed by atoms with van der Waals surface area (Å²) in [4.78, 5) is 10.8. The quantitative estimate of drug-likeness (QED) is 0.438. The summed E-state index contributed by atoms with van der Waals surface area (Å²) < 4.78 is 4.93. The average molecular weight is 213 g/mol. The van der Waals surface area contributed by atoms with E-state index in [4.69, 9.17) is 16.3 Å². The molecule has 1 aromatic carbocycles. The molecule has 0 amide bonds. The number of alkyl halides is 1. The fraction of sp³-hybridized carbons (Fsp3) is 0.364. The first-order valence-corrected chi connectivity index (χ1v) is 5.03. The molecule has 0 saturated heterocycles. The summed E-state index contributed by atoms with van der Waals surface area (Å²) in [6.07, 6.45) is 0. The third-order valence-corrected chi connectivity index (χ3v) is 2.11. The van der Waals surface area contributed by atoms with Crippen molar-refractivity contribution < 1.29 is 9.53 Å². The zero-order valence-electron chi connectivity index (χ0n) is 8.29. The van der Waals surface area contributed by atoms with E-state index in [2.05, 4.69) is 13.8 Å². The Hall–Kier alpha value is -1.02. The predicted octanol–water partition coefficient (Wildman–Crippen LogP) is 2.95. The van der Waals surface area contributed by atoms with Crippen molar-refractivity contribution in [2.45, 2.75) is 19.8 Å². The van der Waals surface area contributed by atoms with Crippen molar-refractivity contribution in [3.63, 3.8) is 0 Å². The second-order valence-corrected chi connectivity index (χ2v) is 3.60. The maximum atomic E-state index is 10.8. The van der Waals surface area contributed by atoms with Gasteiger partial charge >= 0.3 is 5.97 Å². The van der Waals surface area contributed by atoms with Crippen LogP contribution in [0.5, 0.6) is 5.75 Å². The first-order valence-electron chi connectivity index (χ1n) is 4.50. The Morgan fingerprint density at radius 2 is 1.93 bits per heavy atom. The SMILES string of the molecule is CC(C)c1ccc(OC(=O)CCl)cc1. The summed E-state index contributed by atoms with van der Waals surface area (Å²) in [5, 5.41) is 0.